The molecule has 2 N–H and O–H groups in total. The summed E-state index contributed by atoms with van der Waals surface area (Å²) in [7, 11) is -3.24. The first-order valence-electron chi connectivity index (χ1n) is 12.7. The van der Waals surface area contributed by atoms with Crippen LogP contribution in [0.15, 0.2) is 37.2 Å². The number of aromatic amines is 1. The summed E-state index contributed by atoms with van der Waals surface area (Å²) in [6.45, 7) is 14.2. The van der Waals surface area contributed by atoms with Crippen molar-refractivity contribution in [2.24, 2.45) is 5.41 Å². The number of fused-ring (bicyclic) bond motifs is 1. The van der Waals surface area contributed by atoms with Gasteiger partial charge < -0.3 is 10.3 Å². The van der Waals surface area contributed by atoms with Crippen molar-refractivity contribution in [1.29, 1.82) is 0 Å². The molecule has 0 spiro atoms. The van der Waals surface area contributed by atoms with Gasteiger partial charge in [0, 0.05) is 36.6 Å². The highest BCUT2D eigenvalue weighted by Gasteiger charge is 2.31. The van der Waals surface area contributed by atoms with Gasteiger partial charge in [-0.1, -0.05) is 27.4 Å². The van der Waals surface area contributed by atoms with Crippen molar-refractivity contribution in [2.45, 2.75) is 59.4 Å². The highest BCUT2D eigenvalue weighted by molar-refractivity contribution is 7.89. The maximum Gasteiger partial charge on any atom is 0.214 e. The van der Waals surface area contributed by atoms with Crippen molar-refractivity contribution in [3.8, 4) is 11.3 Å². The summed E-state index contributed by atoms with van der Waals surface area (Å²) in [6.07, 6.45) is 7.16. The standard InChI is InChI=1S/C27H38N6O2S/c1-19(8-6-13-28-21-9-7-15-33(17-21)36(34,35)18-27(3,4)5)25-22(11-10-20(2)31-25)24-16-30-26-23(32-24)12-14-29-26/h10-12,14,16,21,28H,1,6-9,13,15,17-18H2,2-5H3,(H,29,30). The van der Waals surface area contributed by atoms with Crippen LogP contribution in [0.1, 0.15) is 57.8 Å². The summed E-state index contributed by atoms with van der Waals surface area (Å²) in [5.41, 5.74) is 5.80. The summed E-state index contributed by atoms with van der Waals surface area (Å²) in [6, 6.07) is 6.11. The molecule has 1 atom stereocenters. The average molecular weight is 511 g/mol. The molecule has 194 valence electrons. The summed E-state index contributed by atoms with van der Waals surface area (Å²) < 4.78 is 27.3. The number of nitrogens with one attached hydrogen (secondary N) is 2. The number of pyridine rings is 1. The zero-order valence-electron chi connectivity index (χ0n) is 21.8. The van der Waals surface area contributed by atoms with Crippen LogP contribution in [-0.2, 0) is 10.0 Å². The van der Waals surface area contributed by atoms with Crippen LogP contribution in [0.2, 0.25) is 0 Å². The molecule has 1 unspecified atom stereocenters. The molecular formula is C27H38N6O2S. The molecule has 4 heterocycles. The molecule has 1 aliphatic heterocycles. The van der Waals surface area contributed by atoms with Gasteiger partial charge >= 0.3 is 0 Å². The largest absolute Gasteiger partial charge is 0.345 e. The Labute approximate surface area is 214 Å². The highest BCUT2D eigenvalue weighted by atomic mass is 32.2. The molecule has 0 aromatic carbocycles. The lowest BCUT2D eigenvalue weighted by Gasteiger charge is -2.34. The Balaban J connectivity index is 1.34. The minimum atomic E-state index is -3.24. The molecule has 4 rings (SSSR count). The number of hydrogen-bond donors (Lipinski definition) is 2. The molecule has 1 aliphatic rings. The molecule has 0 bridgehead atoms. The second kappa shape index (κ2) is 10.8. The van der Waals surface area contributed by atoms with Crippen molar-refractivity contribution >= 4 is 26.8 Å². The van der Waals surface area contributed by atoms with Gasteiger partial charge in [0.1, 0.15) is 5.52 Å². The van der Waals surface area contributed by atoms with E-state index in [9.17, 15) is 8.42 Å². The van der Waals surface area contributed by atoms with Crippen LogP contribution < -0.4 is 5.32 Å². The molecule has 3 aromatic rings. The van der Waals surface area contributed by atoms with Crippen LogP contribution in [0.5, 0.6) is 0 Å². The predicted octanol–water partition coefficient (Wildman–Crippen LogP) is 4.55. The van der Waals surface area contributed by atoms with Crippen LogP contribution in [0.3, 0.4) is 0 Å². The summed E-state index contributed by atoms with van der Waals surface area (Å²) >= 11 is 0. The van der Waals surface area contributed by atoms with Gasteiger partial charge in [0.25, 0.3) is 0 Å². The van der Waals surface area contributed by atoms with Gasteiger partial charge in [-0.3, -0.25) is 4.98 Å². The fraction of sp³-hybridized carbons (Fsp3) is 0.519. The van der Waals surface area contributed by atoms with Crippen LogP contribution in [0.25, 0.3) is 28.0 Å². The van der Waals surface area contributed by atoms with E-state index in [1.54, 1.807) is 10.5 Å². The molecule has 0 aliphatic carbocycles. The van der Waals surface area contributed by atoms with Crippen molar-refractivity contribution in [1.82, 2.24) is 29.6 Å². The first kappa shape index (κ1) is 26.4. The SMILES string of the molecule is C=C(CCCNC1CCCN(S(=O)(=O)CC(C)(C)C)C1)c1nc(C)ccc1-c1cnc2[nH]ccc2n1. The van der Waals surface area contributed by atoms with Gasteiger partial charge in [0.15, 0.2) is 5.65 Å². The van der Waals surface area contributed by atoms with Crippen LogP contribution in [-0.4, -0.2) is 64.1 Å². The monoisotopic (exact) mass is 510 g/mol. The highest BCUT2D eigenvalue weighted by Crippen LogP contribution is 2.29. The Morgan fingerprint density at radius 2 is 2.06 bits per heavy atom. The smallest absolute Gasteiger partial charge is 0.214 e. The third-order valence-corrected chi connectivity index (χ3v) is 8.74. The predicted molar refractivity (Wildman–Crippen MR) is 146 cm³/mol. The number of sulfonamides is 1. The Morgan fingerprint density at radius 1 is 1.25 bits per heavy atom. The van der Waals surface area contributed by atoms with E-state index in [2.05, 4.69) is 21.9 Å². The van der Waals surface area contributed by atoms with Gasteiger partial charge in [-0.15, -0.1) is 0 Å². The fourth-order valence-corrected chi connectivity index (χ4v) is 6.81. The normalized spacial score (nSPS) is 17.5. The van der Waals surface area contributed by atoms with E-state index in [1.807, 2.05) is 52.1 Å². The van der Waals surface area contributed by atoms with Gasteiger partial charge in [-0.25, -0.2) is 22.7 Å². The van der Waals surface area contributed by atoms with Crippen molar-refractivity contribution < 1.29 is 8.42 Å². The molecule has 0 amide bonds. The number of aromatic nitrogens is 4. The number of aryl methyl sites for hydroxylation is 1. The molecule has 36 heavy (non-hydrogen) atoms. The average Bonchev–Trinajstić information content (AvgIpc) is 3.28. The van der Waals surface area contributed by atoms with E-state index in [0.717, 1.165) is 71.6 Å². The third-order valence-electron chi connectivity index (χ3n) is 6.39. The first-order valence-corrected chi connectivity index (χ1v) is 14.3. The Hall–Kier alpha value is -2.62. The molecule has 1 fully saturated rings. The van der Waals surface area contributed by atoms with E-state index >= 15 is 0 Å². The van der Waals surface area contributed by atoms with Gasteiger partial charge in [0.05, 0.1) is 23.3 Å². The zero-order valence-corrected chi connectivity index (χ0v) is 22.7. The molecule has 3 aromatic heterocycles. The van der Waals surface area contributed by atoms with Crippen LogP contribution in [0.4, 0.5) is 0 Å². The second-order valence-corrected chi connectivity index (χ2v) is 13.0. The molecule has 0 radical (unpaired) electrons. The second-order valence-electron chi connectivity index (χ2n) is 11.0. The zero-order chi connectivity index (χ0) is 25.9. The molecule has 9 heteroatoms. The topological polar surface area (TPSA) is 104 Å². The van der Waals surface area contributed by atoms with E-state index in [-0.39, 0.29) is 17.2 Å². The maximum absolute atomic E-state index is 12.8. The lowest BCUT2D eigenvalue weighted by Crippen LogP contribution is -2.49. The van der Waals surface area contributed by atoms with Crippen molar-refractivity contribution in [2.75, 3.05) is 25.4 Å². The van der Waals surface area contributed by atoms with E-state index in [4.69, 9.17) is 9.97 Å². The van der Waals surface area contributed by atoms with Gasteiger partial charge in [0.2, 0.25) is 10.0 Å². The van der Waals surface area contributed by atoms with E-state index < -0.39 is 10.0 Å². The number of rotatable bonds is 9. The molecule has 1 saturated heterocycles. The Kier molecular flexibility index (Phi) is 7.92. The maximum atomic E-state index is 12.8. The lowest BCUT2D eigenvalue weighted by molar-refractivity contribution is 0.279. The van der Waals surface area contributed by atoms with Gasteiger partial charge in [-0.05, 0) is 68.3 Å². The number of H-pyrrole nitrogens is 1. The number of hydrogen-bond acceptors (Lipinski definition) is 6. The summed E-state index contributed by atoms with van der Waals surface area (Å²) in [5, 5.41) is 3.57. The first-order chi connectivity index (χ1) is 17.0. The molecular weight excluding hydrogens is 472 g/mol. The summed E-state index contributed by atoms with van der Waals surface area (Å²) in [4.78, 5) is 17.1. The third kappa shape index (κ3) is 6.57. The van der Waals surface area contributed by atoms with Crippen molar-refractivity contribution in [3.63, 3.8) is 0 Å². The molecule has 8 nitrogen and oxygen atoms in total. The van der Waals surface area contributed by atoms with Gasteiger partial charge in [-0.2, -0.15) is 0 Å². The minimum Gasteiger partial charge on any atom is -0.345 e. The van der Waals surface area contributed by atoms with Crippen molar-refractivity contribution in [3.05, 3.63) is 48.6 Å². The molecule has 0 saturated carbocycles. The number of allylic oxidation sites excluding steroid dienone is 1. The van der Waals surface area contributed by atoms with Crippen LogP contribution >= 0.6 is 0 Å². The minimum absolute atomic E-state index is 0.178. The van der Waals surface area contributed by atoms with Crippen LogP contribution in [0, 0.1) is 12.3 Å². The number of piperidine rings is 1. The Morgan fingerprint density at radius 3 is 2.83 bits per heavy atom. The number of nitrogens with zero attached hydrogens (tertiary/aromatic N) is 4. The van der Waals surface area contributed by atoms with E-state index in [0.29, 0.717) is 13.1 Å². The summed E-state index contributed by atoms with van der Waals surface area (Å²) in [5.74, 6) is 0.180. The quantitative estimate of drug-likeness (QED) is 0.409. The lowest BCUT2D eigenvalue weighted by atomic mass is 10.0. The fourth-order valence-electron chi connectivity index (χ4n) is 4.72. The Bertz CT molecular complexity index is 1330. The van der Waals surface area contributed by atoms with E-state index in [1.165, 1.54) is 0 Å².